The lowest BCUT2D eigenvalue weighted by Gasteiger charge is -2.15. The Balaban J connectivity index is 1.68. The van der Waals surface area contributed by atoms with Crippen molar-refractivity contribution >= 4 is 23.3 Å². The number of rotatable bonds is 8. The second-order valence-corrected chi connectivity index (χ2v) is 7.26. The highest BCUT2D eigenvalue weighted by atomic mass is 16.5. The molecular formula is C26H25NO4. The van der Waals surface area contributed by atoms with Crippen LogP contribution < -0.4 is 5.32 Å². The number of hydrogen-bond donors (Lipinski definition) is 1. The largest absolute Gasteiger partial charge is 0.452 e. The first kappa shape index (κ1) is 22.0. The molecule has 0 saturated carbocycles. The van der Waals surface area contributed by atoms with Gasteiger partial charge in [0.05, 0.1) is 5.56 Å². The van der Waals surface area contributed by atoms with Crippen LogP contribution >= 0.6 is 0 Å². The van der Waals surface area contributed by atoms with Crippen molar-refractivity contribution in [3.05, 3.63) is 101 Å². The fraction of sp³-hybridized carbons (Fsp3) is 0.192. The van der Waals surface area contributed by atoms with Gasteiger partial charge in [0.15, 0.2) is 12.4 Å². The Morgan fingerprint density at radius 2 is 1.45 bits per heavy atom. The van der Waals surface area contributed by atoms with Crippen LogP contribution in [-0.2, 0) is 9.53 Å². The smallest absolute Gasteiger partial charge is 0.339 e. The fourth-order valence-electron chi connectivity index (χ4n) is 3.26. The van der Waals surface area contributed by atoms with Crippen LogP contribution in [0.2, 0.25) is 0 Å². The molecule has 3 aromatic carbocycles. The molecule has 5 nitrogen and oxygen atoms in total. The third-order valence-electron chi connectivity index (χ3n) is 5.14. The number of carbonyl (C=O) groups excluding carboxylic acids is 3. The molecule has 1 unspecified atom stereocenters. The van der Waals surface area contributed by atoms with Gasteiger partial charge in [-0.2, -0.15) is 0 Å². The van der Waals surface area contributed by atoms with Crippen molar-refractivity contribution in [1.29, 1.82) is 0 Å². The minimum atomic E-state index is -0.717. The number of esters is 1. The molecule has 0 radical (unpaired) electrons. The van der Waals surface area contributed by atoms with Crippen LogP contribution in [0.25, 0.3) is 0 Å². The Bertz CT molecular complexity index is 1080. The Morgan fingerprint density at radius 1 is 0.839 bits per heavy atom. The van der Waals surface area contributed by atoms with Crippen LogP contribution in [0, 0.1) is 0 Å². The van der Waals surface area contributed by atoms with Crippen molar-refractivity contribution < 1.29 is 19.1 Å². The number of hydrogen-bond acceptors (Lipinski definition) is 4. The molecule has 0 aliphatic heterocycles. The SMILES string of the molecule is CCC(C)c1ccccc1NC(=O)COC(=O)c1ccccc1C(=O)c1ccccc1. The van der Waals surface area contributed by atoms with Crippen LogP contribution in [0.15, 0.2) is 78.9 Å². The van der Waals surface area contributed by atoms with Gasteiger partial charge in [-0.25, -0.2) is 4.79 Å². The van der Waals surface area contributed by atoms with E-state index in [9.17, 15) is 14.4 Å². The molecule has 0 heterocycles. The van der Waals surface area contributed by atoms with Crippen molar-refractivity contribution in [3.8, 4) is 0 Å². The molecule has 0 saturated heterocycles. The average Bonchev–Trinajstić information content (AvgIpc) is 2.82. The Labute approximate surface area is 182 Å². The van der Waals surface area contributed by atoms with Crippen LogP contribution in [0.1, 0.15) is 58.0 Å². The first-order valence-corrected chi connectivity index (χ1v) is 10.3. The zero-order valence-electron chi connectivity index (χ0n) is 17.6. The molecule has 0 spiro atoms. The molecule has 1 N–H and O–H groups in total. The lowest BCUT2D eigenvalue weighted by Crippen LogP contribution is -2.22. The van der Waals surface area contributed by atoms with Crippen molar-refractivity contribution in [1.82, 2.24) is 0 Å². The monoisotopic (exact) mass is 415 g/mol. The van der Waals surface area contributed by atoms with E-state index < -0.39 is 18.5 Å². The number of anilines is 1. The summed E-state index contributed by atoms with van der Waals surface area (Å²) in [6, 6.07) is 22.7. The van der Waals surface area contributed by atoms with Crippen LogP contribution in [-0.4, -0.2) is 24.3 Å². The van der Waals surface area contributed by atoms with Gasteiger partial charge in [-0.3, -0.25) is 9.59 Å². The second kappa shape index (κ2) is 10.3. The first-order chi connectivity index (χ1) is 15.0. The molecule has 158 valence electrons. The van der Waals surface area contributed by atoms with Gasteiger partial charge in [0, 0.05) is 16.8 Å². The third-order valence-corrected chi connectivity index (χ3v) is 5.14. The van der Waals surface area contributed by atoms with E-state index in [2.05, 4.69) is 19.2 Å². The fourth-order valence-corrected chi connectivity index (χ4v) is 3.26. The van der Waals surface area contributed by atoms with Crippen LogP contribution in [0.5, 0.6) is 0 Å². The molecule has 0 aliphatic carbocycles. The summed E-state index contributed by atoms with van der Waals surface area (Å²) in [6.07, 6.45) is 0.939. The zero-order chi connectivity index (χ0) is 22.2. The topological polar surface area (TPSA) is 72.5 Å². The van der Waals surface area contributed by atoms with Crippen molar-refractivity contribution in [2.24, 2.45) is 0 Å². The van der Waals surface area contributed by atoms with E-state index in [1.54, 1.807) is 42.5 Å². The molecule has 3 rings (SSSR count). The maximum absolute atomic E-state index is 12.8. The predicted molar refractivity (Wildman–Crippen MR) is 120 cm³/mol. The molecule has 1 amide bonds. The predicted octanol–water partition coefficient (Wildman–Crippen LogP) is 5.23. The normalized spacial score (nSPS) is 11.4. The van der Waals surface area contributed by atoms with Crippen LogP contribution in [0.3, 0.4) is 0 Å². The minimum absolute atomic E-state index is 0.129. The summed E-state index contributed by atoms with van der Waals surface area (Å²) >= 11 is 0. The molecule has 5 heteroatoms. The summed E-state index contributed by atoms with van der Waals surface area (Å²) < 4.78 is 5.21. The highest BCUT2D eigenvalue weighted by Crippen LogP contribution is 2.26. The lowest BCUT2D eigenvalue weighted by atomic mass is 9.97. The van der Waals surface area contributed by atoms with Crippen molar-refractivity contribution in [2.75, 3.05) is 11.9 Å². The molecule has 31 heavy (non-hydrogen) atoms. The maximum Gasteiger partial charge on any atom is 0.339 e. The molecule has 0 fully saturated rings. The maximum atomic E-state index is 12.8. The van der Waals surface area contributed by atoms with Crippen molar-refractivity contribution in [2.45, 2.75) is 26.2 Å². The molecule has 0 aromatic heterocycles. The molecule has 3 aromatic rings. The van der Waals surface area contributed by atoms with E-state index in [1.807, 2.05) is 30.3 Å². The lowest BCUT2D eigenvalue weighted by molar-refractivity contribution is -0.119. The third kappa shape index (κ3) is 5.45. The van der Waals surface area contributed by atoms with Crippen molar-refractivity contribution in [3.63, 3.8) is 0 Å². The summed E-state index contributed by atoms with van der Waals surface area (Å²) in [6.45, 7) is 3.73. The molecule has 0 aliphatic rings. The van der Waals surface area contributed by atoms with E-state index >= 15 is 0 Å². The standard InChI is InChI=1S/C26H25NO4/c1-3-18(2)20-13-9-10-16-23(20)27-24(28)17-31-26(30)22-15-8-7-14-21(22)25(29)19-11-5-4-6-12-19/h4-16,18H,3,17H2,1-2H3,(H,27,28). The van der Waals surface area contributed by atoms with E-state index in [0.717, 1.165) is 12.0 Å². The molecule has 1 atom stereocenters. The van der Waals surface area contributed by atoms with E-state index in [-0.39, 0.29) is 22.8 Å². The van der Waals surface area contributed by atoms with Gasteiger partial charge in [0.25, 0.3) is 5.91 Å². The summed E-state index contributed by atoms with van der Waals surface area (Å²) in [5.41, 5.74) is 2.58. The number of ether oxygens (including phenoxy) is 1. The van der Waals surface area contributed by atoms with Gasteiger partial charge >= 0.3 is 5.97 Å². The summed E-state index contributed by atoms with van der Waals surface area (Å²) in [5, 5.41) is 2.81. The average molecular weight is 415 g/mol. The highest BCUT2D eigenvalue weighted by molar-refractivity contribution is 6.14. The molecule has 0 bridgehead atoms. The summed E-state index contributed by atoms with van der Waals surface area (Å²) in [5.74, 6) is -1.14. The number of ketones is 1. The van der Waals surface area contributed by atoms with Gasteiger partial charge in [0.2, 0.25) is 0 Å². The summed E-state index contributed by atoms with van der Waals surface area (Å²) in [4.78, 5) is 37.8. The minimum Gasteiger partial charge on any atom is -0.452 e. The van der Waals surface area contributed by atoms with Gasteiger partial charge in [-0.15, -0.1) is 0 Å². The summed E-state index contributed by atoms with van der Waals surface area (Å²) in [7, 11) is 0. The highest BCUT2D eigenvalue weighted by Gasteiger charge is 2.20. The zero-order valence-corrected chi connectivity index (χ0v) is 17.6. The molecular weight excluding hydrogens is 390 g/mol. The van der Waals surface area contributed by atoms with E-state index in [0.29, 0.717) is 11.3 Å². The number of carbonyl (C=O) groups is 3. The van der Waals surface area contributed by atoms with Gasteiger partial charge < -0.3 is 10.1 Å². The number of nitrogens with one attached hydrogen (secondary N) is 1. The van der Waals surface area contributed by atoms with Gasteiger partial charge in [-0.05, 0) is 30.0 Å². The van der Waals surface area contributed by atoms with Crippen LogP contribution in [0.4, 0.5) is 5.69 Å². The Kier molecular flexibility index (Phi) is 7.33. The Morgan fingerprint density at radius 3 is 2.16 bits per heavy atom. The van der Waals surface area contributed by atoms with Gasteiger partial charge in [-0.1, -0.05) is 80.6 Å². The first-order valence-electron chi connectivity index (χ1n) is 10.3. The quantitative estimate of drug-likeness (QED) is 0.404. The van der Waals surface area contributed by atoms with E-state index in [1.165, 1.54) is 6.07 Å². The number of amides is 1. The number of benzene rings is 3. The van der Waals surface area contributed by atoms with E-state index in [4.69, 9.17) is 4.74 Å². The second-order valence-electron chi connectivity index (χ2n) is 7.26. The van der Waals surface area contributed by atoms with Gasteiger partial charge in [0.1, 0.15) is 0 Å². The number of para-hydroxylation sites is 1. The Hall–Kier alpha value is -3.73.